The molecule has 2 rings (SSSR count). The van der Waals surface area contributed by atoms with E-state index in [-0.39, 0.29) is 6.10 Å². The Labute approximate surface area is 122 Å². The van der Waals surface area contributed by atoms with E-state index in [9.17, 15) is 0 Å². The van der Waals surface area contributed by atoms with Gasteiger partial charge in [0, 0.05) is 18.7 Å². The summed E-state index contributed by atoms with van der Waals surface area (Å²) in [5.41, 5.74) is 1.18. The molecule has 1 atom stereocenters. The third-order valence-corrected chi connectivity index (χ3v) is 3.94. The molecule has 0 spiro atoms. The molecule has 1 N–H and O–H groups in total. The van der Waals surface area contributed by atoms with Gasteiger partial charge in [0.1, 0.15) is 0 Å². The standard InChI is InChI=1S/C16H29N3O/c1-4-17-15(12-20-13(2)3)11-14-9-10-19(18-14)16-7-5-6-8-16/h9-10,13,15-17H,4-8,11-12H2,1-3H3. The first-order chi connectivity index (χ1) is 9.69. The summed E-state index contributed by atoms with van der Waals surface area (Å²) >= 11 is 0. The van der Waals surface area contributed by atoms with Crippen LogP contribution in [0, 0.1) is 0 Å². The first kappa shape index (κ1) is 15.5. The van der Waals surface area contributed by atoms with E-state index in [1.807, 2.05) is 0 Å². The van der Waals surface area contributed by atoms with Crippen molar-refractivity contribution >= 4 is 0 Å². The van der Waals surface area contributed by atoms with Gasteiger partial charge in [-0.05, 0) is 39.3 Å². The van der Waals surface area contributed by atoms with Gasteiger partial charge in [-0.25, -0.2) is 0 Å². The van der Waals surface area contributed by atoms with Crippen molar-refractivity contribution in [1.29, 1.82) is 0 Å². The third kappa shape index (κ3) is 4.60. The van der Waals surface area contributed by atoms with Crippen LogP contribution in [0.1, 0.15) is 58.2 Å². The first-order valence-corrected chi connectivity index (χ1v) is 8.08. The number of nitrogens with zero attached hydrogens (tertiary/aromatic N) is 2. The van der Waals surface area contributed by atoms with Gasteiger partial charge < -0.3 is 10.1 Å². The Hall–Kier alpha value is -0.870. The SMILES string of the molecule is CCNC(COC(C)C)Cc1ccn(C2CCCC2)n1. The summed E-state index contributed by atoms with van der Waals surface area (Å²) in [7, 11) is 0. The average Bonchev–Trinajstić information content (AvgIpc) is 3.06. The quantitative estimate of drug-likeness (QED) is 0.795. The number of aromatic nitrogens is 2. The topological polar surface area (TPSA) is 39.1 Å². The summed E-state index contributed by atoms with van der Waals surface area (Å²) in [5.74, 6) is 0. The van der Waals surface area contributed by atoms with Crippen LogP contribution in [0.25, 0.3) is 0 Å². The molecule has 1 heterocycles. The minimum Gasteiger partial charge on any atom is -0.377 e. The highest BCUT2D eigenvalue weighted by Gasteiger charge is 2.18. The molecule has 1 aliphatic carbocycles. The number of nitrogens with one attached hydrogen (secondary N) is 1. The number of hydrogen-bond acceptors (Lipinski definition) is 3. The van der Waals surface area contributed by atoms with Crippen LogP contribution in [-0.2, 0) is 11.2 Å². The van der Waals surface area contributed by atoms with Crippen LogP contribution in [-0.4, -0.2) is 35.1 Å². The number of rotatable bonds is 8. The molecule has 0 aliphatic heterocycles. The Bertz CT molecular complexity index is 383. The molecule has 0 radical (unpaired) electrons. The lowest BCUT2D eigenvalue weighted by Crippen LogP contribution is -2.36. The van der Waals surface area contributed by atoms with Crippen LogP contribution in [0.4, 0.5) is 0 Å². The van der Waals surface area contributed by atoms with Crippen LogP contribution in [0.3, 0.4) is 0 Å². The minimum atomic E-state index is 0.284. The monoisotopic (exact) mass is 279 g/mol. The first-order valence-electron chi connectivity index (χ1n) is 8.08. The van der Waals surface area contributed by atoms with Crippen molar-refractivity contribution in [1.82, 2.24) is 15.1 Å². The summed E-state index contributed by atoms with van der Waals surface area (Å²) in [6, 6.07) is 3.15. The maximum atomic E-state index is 5.74. The van der Waals surface area contributed by atoms with Crippen LogP contribution in [0.5, 0.6) is 0 Å². The van der Waals surface area contributed by atoms with Crippen LogP contribution >= 0.6 is 0 Å². The molecular weight excluding hydrogens is 250 g/mol. The van der Waals surface area contributed by atoms with E-state index in [2.05, 4.69) is 43.0 Å². The summed E-state index contributed by atoms with van der Waals surface area (Å²) in [4.78, 5) is 0. The van der Waals surface area contributed by atoms with Gasteiger partial charge in [0.25, 0.3) is 0 Å². The molecule has 1 fully saturated rings. The molecule has 1 aromatic rings. The van der Waals surface area contributed by atoms with Gasteiger partial charge in [0.2, 0.25) is 0 Å². The number of ether oxygens (including phenoxy) is 1. The van der Waals surface area contributed by atoms with Gasteiger partial charge in [-0.1, -0.05) is 19.8 Å². The summed E-state index contributed by atoms with van der Waals surface area (Å²) in [6.45, 7) is 8.02. The lowest BCUT2D eigenvalue weighted by molar-refractivity contribution is 0.0614. The van der Waals surface area contributed by atoms with Crippen LogP contribution in [0.2, 0.25) is 0 Å². The predicted molar refractivity (Wildman–Crippen MR) is 82.0 cm³/mol. The molecule has 1 aliphatic rings. The second kappa shape index (κ2) is 7.79. The van der Waals surface area contributed by atoms with Gasteiger partial charge >= 0.3 is 0 Å². The zero-order valence-electron chi connectivity index (χ0n) is 13.1. The molecule has 0 aromatic carbocycles. The van der Waals surface area contributed by atoms with E-state index in [4.69, 9.17) is 9.84 Å². The van der Waals surface area contributed by atoms with E-state index in [0.717, 1.165) is 19.6 Å². The van der Waals surface area contributed by atoms with Crippen molar-refractivity contribution in [2.75, 3.05) is 13.2 Å². The van der Waals surface area contributed by atoms with E-state index in [1.54, 1.807) is 0 Å². The Balaban J connectivity index is 1.88. The van der Waals surface area contributed by atoms with Crippen molar-refractivity contribution < 1.29 is 4.74 Å². The Morgan fingerprint density at radius 2 is 2.15 bits per heavy atom. The van der Waals surface area contributed by atoms with E-state index >= 15 is 0 Å². The molecule has 1 saturated carbocycles. The second-order valence-electron chi connectivity index (χ2n) is 6.07. The number of likely N-dealkylation sites (N-methyl/N-ethyl adjacent to an activating group) is 1. The largest absolute Gasteiger partial charge is 0.377 e. The van der Waals surface area contributed by atoms with Crippen LogP contribution < -0.4 is 5.32 Å². The molecule has 20 heavy (non-hydrogen) atoms. The van der Waals surface area contributed by atoms with E-state index < -0.39 is 0 Å². The lowest BCUT2D eigenvalue weighted by Gasteiger charge is -2.18. The molecule has 114 valence electrons. The fourth-order valence-electron chi connectivity index (χ4n) is 2.90. The normalized spacial score (nSPS) is 18.0. The molecule has 4 heteroatoms. The highest BCUT2D eigenvalue weighted by atomic mass is 16.5. The molecule has 1 aromatic heterocycles. The molecule has 4 nitrogen and oxygen atoms in total. The average molecular weight is 279 g/mol. The van der Waals surface area contributed by atoms with Crippen LogP contribution in [0.15, 0.2) is 12.3 Å². The smallest absolute Gasteiger partial charge is 0.0641 e. The Morgan fingerprint density at radius 3 is 2.80 bits per heavy atom. The van der Waals surface area contributed by atoms with Gasteiger partial charge in [0.05, 0.1) is 24.4 Å². The van der Waals surface area contributed by atoms with Crippen molar-refractivity contribution in [2.45, 2.75) is 71.1 Å². The number of hydrogen-bond donors (Lipinski definition) is 1. The molecule has 0 saturated heterocycles. The Kier molecular flexibility index (Phi) is 6.05. The van der Waals surface area contributed by atoms with E-state index in [1.165, 1.54) is 31.4 Å². The van der Waals surface area contributed by atoms with E-state index in [0.29, 0.717) is 12.1 Å². The molecule has 0 bridgehead atoms. The summed E-state index contributed by atoms with van der Waals surface area (Å²) in [6.07, 6.45) is 8.65. The lowest BCUT2D eigenvalue weighted by atomic mass is 10.1. The highest BCUT2D eigenvalue weighted by molar-refractivity contribution is 5.02. The van der Waals surface area contributed by atoms with Crippen molar-refractivity contribution in [3.63, 3.8) is 0 Å². The minimum absolute atomic E-state index is 0.284. The molecular formula is C16H29N3O. The highest BCUT2D eigenvalue weighted by Crippen LogP contribution is 2.28. The maximum Gasteiger partial charge on any atom is 0.0641 e. The van der Waals surface area contributed by atoms with Gasteiger partial charge in [-0.2, -0.15) is 5.10 Å². The molecule has 0 amide bonds. The zero-order valence-corrected chi connectivity index (χ0v) is 13.1. The fraction of sp³-hybridized carbons (Fsp3) is 0.812. The van der Waals surface area contributed by atoms with Crippen molar-refractivity contribution in [3.05, 3.63) is 18.0 Å². The second-order valence-corrected chi connectivity index (χ2v) is 6.07. The predicted octanol–water partition coefficient (Wildman–Crippen LogP) is 2.94. The van der Waals surface area contributed by atoms with Gasteiger partial charge in [-0.15, -0.1) is 0 Å². The third-order valence-electron chi connectivity index (χ3n) is 3.94. The van der Waals surface area contributed by atoms with Crippen molar-refractivity contribution in [2.24, 2.45) is 0 Å². The fourth-order valence-corrected chi connectivity index (χ4v) is 2.90. The van der Waals surface area contributed by atoms with Gasteiger partial charge in [-0.3, -0.25) is 4.68 Å². The van der Waals surface area contributed by atoms with Crippen molar-refractivity contribution in [3.8, 4) is 0 Å². The molecule has 1 unspecified atom stereocenters. The Morgan fingerprint density at radius 1 is 1.40 bits per heavy atom. The maximum absolute atomic E-state index is 5.74. The van der Waals surface area contributed by atoms with Gasteiger partial charge in [0.15, 0.2) is 0 Å². The summed E-state index contributed by atoms with van der Waals surface area (Å²) in [5, 5.41) is 8.25. The zero-order chi connectivity index (χ0) is 14.4. The summed E-state index contributed by atoms with van der Waals surface area (Å²) < 4.78 is 7.91.